The van der Waals surface area contributed by atoms with Crippen LogP contribution in [0.15, 0.2) is 97.2 Å². The zero-order valence-corrected chi connectivity index (χ0v) is 46.3. The van der Waals surface area contributed by atoms with Crippen LogP contribution in [0.2, 0.25) is 0 Å². The van der Waals surface area contributed by atoms with E-state index in [1.165, 1.54) is 57.8 Å². The van der Waals surface area contributed by atoms with Crippen molar-refractivity contribution in [3.05, 3.63) is 97.2 Å². The number of rotatable bonds is 51. The minimum Gasteiger partial charge on any atom is -0.462 e. The van der Waals surface area contributed by atoms with Gasteiger partial charge in [-0.25, -0.2) is 4.57 Å². The second kappa shape index (κ2) is 53.7. The third-order valence-corrected chi connectivity index (χ3v) is 12.4. The first-order valence-electron chi connectivity index (χ1n) is 28.1. The fourth-order valence-electron chi connectivity index (χ4n) is 7.22. The summed E-state index contributed by atoms with van der Waals surface area (Å²) in [7, 11) is -4.76. The molecule has 12 heteroatoms. The van der Waals surface area contributed by atoms with Gasteiger partial charge in [0.25, 0.3) is 0 Å². The number of allylic oxidation sites excluding steroid dienone is 16. The van der Waals surface area contributed by atoms with Crippen molar-refractivity contribution in [1.29, 1.82) is 0 Å². The summed E-state index contributed by atoms with van der Waals surface area (Å²) in [6.07, 6.45) is 62.4. The number of hydrogen-bond donors (Lipinski definition) is 2. The molecule has 412 valence electrons. The molecule has 2 N–H and O–H groups in total. The van der Waals surface area contributed by atoms with Crippen LogP contribution >= 0.6 is 7.82 Å². The second-order valence-corrected chi connectivity index (χ2v) is 19.8. The van der Waals surface area contributed by atoms with Crippen LogP contribution in [-0.4, -0.2) is 66.5 Å². The molecule has 0 aromatic heterocycles. The summed E-state index contributed by atoms with van der Waals surface area (Å²) < 4.78 is 39.4. The molecule has 0 heterocycles. The van der Waals surface area contributed by atoms with Crippen molar-refractivity contribution >= 4 is 25.7 Å². The lowest BCUT2D eigenvalue weighted by atomic mass is 10.1. The number of aliphatic hydroxyl groups excluding tert-OH is 1. The lowest BCUT2D eigenvalue weighted by Crippen LogP contribution is -2.30. The molecule has 11 nitrogen and oxygen atoms in total. The molecule has 0 aliphatic heterocycles. The highest BCUT2D eigenvalue weighted by Gasteiger charge is 2.28. The predicted molar refractivity (Wildman–Crippen MR) is 297 cm³/mol. The van der Waals surface area contributed by atoms with Gasteiger partial charge >= 0.3 is 25.7 Å². The third-order valence-electron chi connectivity index (χ3n) is 11.5. The molecule has 0 saturated heterocycles. The van der Waals surface area contributed by atoms with Crippen molar-refractivity contribution < 1.29 is 52.2 Å². The van der Waals surface area contributed by atoms with Crippen molar-refractivity contribution in [3.8, 4) is 0 Å². The van der Waals surface area contributed by atoms with Crippen LogP contribution in [0.25, 0.3) is 0 Å². The van der Waals surface area contributed by atoms with Gasteiger partial charge in [-0.2, -0.15) is 0 Å². The van der Waals surface area contributed by atoms with Crippen LogP contribution in [0.3, 0.4) is 0 Å². The summed E-state index contributed by atoms with van der Waals surface area (Å²) >= 11 is 0. The number of esters is 3. The van der Waals surface area contributed by atoms with E-state index in [-0.39, 0.29) is 25.9 Å². The normalized spacial score (nSPS) is 14.1. The molecule has 0 fully saturated rings. The van der Waals surface area contributed by atoms with Gasteiger partial charge in [-0.05, 0) is 96.3 Å². The summed E-state index contributed by atoms with van der Waals surface area (Å²) in [6.45, 7) is 4.39. The fraction of sp³-hybridized carbons (Fsp3) is 0.683. The first-order valence-corrected chi connectivity index (χ1v) is 29.6. The highest BCUT2D eigenvalue weighted by Crippen LogP contribution is 2.43. The number of ether oxygens (including phenoxy) is 3. The summed E-state index contributed by atoms with van der Waals surface area (Å²) in [5, 5.41) is 9.77. The molecule has 0 aliphatic carbocycles. The molecule has 0 spiro atoms. The Kier molecular flexibility index (Phi) is 51.0. The van der Waals surface area contributed by atoms with E-state index < -0.39 is 57.8 Å². The van der Waals surface area contributed by atoms with Crippen molar-refractivity contribution in [3.63, 3.8) is 0 Å². The lowest BCUT2D eigenvalue weighted by molar-refractivity contribution is -0.161. The fourth-order valence-corrected chi connectivity index (χ4v) is 8.00. The Morgan fingerprint density at radius 2 is 0.736 bits per heavy atom. The Bertz CT molecular complexity index is 1580. The molecule has 72 heavy (non-hydrogen) atoms. The Balaban J connectivity index is 4.84. The Morgan fingerprint density at radius 1 is 0.403 bits per heavy atom. The van der Waals surface area contributed by atoms with Gasteiger partial charge in [0.15, 0.2) is 6.10 Å². The Morgan fingerprint density at radius 3 is 1.18 bits per heavy atom. The van der Waals surface area contributed by atoms with E-state index in [4.69, 9.17) is 23.3 Å². The molecule has 0 radical (unpaired) electrons. The summed E-state index contributed by atoms with van der Waals surface area (Å²) in [6, 6.07) is 0. The van der Waals surface area contributed by atoms with Gasteiger partial charge in [-0.1, -0.05) is 208 Å². The van der Waals surface area contributed by atoms with Gasteiger partial charge in [-0.15, -0.1) is 0 Å². The number of hydrogen-bond acceptors (Lipinski definition) is 10. The number of phosphoric acid groups is 1. The van der Waals surface area contributed by atoms with Crippen molar-refractivity contribution in [2.75, 3.05) is 26.4 Å². The summed E-state index contributed by atoms with van der Waals surface area (Å²) in [5.41, 5.74) is 0. The van der Waals surface area contributed by atoms with E-state index >= 15 is 0 Å². The standard InChI is InChI=1S/C60H101O11P/c1-4-7-10-13-16-19-21-23-25-27-28-30-32-34-36-39-42-45-48-51-60(64)71-57(53-67-58(62)49-46-43-40-38-35-33-31-29-26-24-22-20-17-14-11-8-5-2)55-69-72(65,66)68-54-56(52-61)70-59(63)50-47-44-41-37-18-15-12-9-6-3/h8,11,16-17,19-20,23-26,28,30-31,33,38,40,56-57,61H,4-7,9-10,12-15,18,21-22,27,29,32,34-37,39,41-55H2,1-3H3,(H,65,66)/b11-8-,19-16-,20-17-,25-23-,26-24-,30-28-,33-31-,40-38-. The van der Waals surface area contributed by atoms with E-state index in [0.29, 0.717) is 25.7 Å². The molecule has 3 unspecified atom stereocenters. The number of carbonyl (C=O) groups is 3. The maximum Gasteiger partial charge on any atom is 0.472 e. The van der Waals surface area contributed by atoms with Crippen LogP contribution < -0.4 is 0 Å². The molecule has 0 bridgehead atoms. The molecule has 0 amide bonds. The van der Waals surface area contributed by atoms with Gasteiger partial charge in [0.05, 0.1) is 19.8 Å². The van der Waals surface area contributed by atoms with Gasteiger partial charge < -0.3 is 24.2 Å². The van der Waals surface area contributed by atoms with Gasteiger partial charge in [0, 0.05) is 19.3 Å². The maximum absolute atomic E-state index is 12.9. The maximum atomic E-state index is 12.9. The van der Waals surface area contributed by atoms with E-state index in [1.807, 2.05) is 6.08 Å². The van der Waals surface area contributed by atoms with Crippen LogP contribution in [-0.2, 0) is 42.2 Å². The van der Waals surface area contributed by atoms with E-state index in [9.17, 15) is 28.9 Å². The number of aliphatic hydroxyl groups is 1. The van der Waals surface area contributed by atoms with Crippen LogP contribution in [0.4, 0.5) is 0 Å². The third kappa shape index (κ3) is 51.3. The van der Waals surface area contributed by atoms with E-state index in [0.717, 1.165) is 103 Å². The molecule has 0 aliphatic rings. The van der Waals surface area contributed by atoms with Crippen LogP contribution in [0.1, 0.15) is 226 Å². The van der Waals surface area contributed by atoms with Crippen molar-refractivity contribution in [1.82, 2.24) is 0 Å². The lowest BCUT2D eigenvalue weighted by Gasteiger charge is -2.21. The molecule has 0 saturated carbocycles. The van der Waals surface area contributed by atoms with Crippen LogP contribution in [0.5, 0.6) is 0 Å². The van der Waals surface area contributed by atoms with Gasteiger partial charge in [-0.3, -0.25) is 23.4 Å². The van der Waals surface area contributed by atoms with Gasteiger partial charge in [0.2, 0.25) is 0 Å². The minimum absolute atomic E-state index is 0.137. The molecule has 0 rings (SSSR count). The molecule has 0 aromatic rings. The SMILES string of the molecule is CC/C=C\C/C=C\C/C=C\C/C=C\C/C=C\CCCC(=O)OCC(COP(=O)(O)OCC(CO)OC(=O)CCCCCCCCCCC)OC(=O)CCCCCCCC/C=C\C/C=C\C/C=C\CCCCC. The average Bonchev–Trinajstić information content (AvgIpc) is 3.37. The van der Waals surface area contributed by atoms with Crippen molar-refractivity contribution in [2.45, 2.75) is 238 Å². The van der Waals surface area contributed by atoms with E-state index in [1.54, 1.807) is 0 Å². The first-order chi connectivity index (χ1) is 35.2. The zero-order valence-electron chi connectivity index (χ0n) is 45.4. The minimum atomic E-state index is -4.76. The Hall–Kier alpha value is -3.60. The highest BCUT2D eigenvalue weighted by molar-refractivity contribution is 7.47. The molecular formula is C60H101O11P. The molecule has 3 atom stereocenters. The smallest absolute Gasteiger partial charge is 0.462 e. The number of carbonyl (C=O) groups excluding carboxylic acids is 3. The number of phosphoric ester groups is 1. The quantitative estimate of drug-likeness (QED) is 0.0197. The van der Waals surface area contributed by atoms with E-state index in [2.05, 4.69) is 112 Å². The zero-order chi connectivity index (χ0) is 52.7. The monoisotopic (exact) mass is 1030 g/mol. The van der Waals surface area contributed by atoms with Crippen LogP contribution in [0, 0.1) is 0 Å². The summed E-state index contributed by atoms with van der Waals surface area (Å²) in [5.74, 6) is -1.56. The van der Waals surface area contributed by atoms with Crippen molar-refractivity contribution in [2.24, 2.45) is 0 Å². The molecule has 0 aromatic carbocycles. The molecular weight excluding hydrogens is 928 g/mol. The summed E-state index contributed by atoms with van der Waals surface area (Å²) in [4.78, 5) is 48.4. The number of unbranched alkanes of at least 4 members (excludes halogenated alkanes) is 18. The first kappa shape index (κ1) is 68.4. The average molecular weight is 1030 g/mol. The Labute approximate surface area is 438 Å². The second-order valence-electron chi connectivity index (χ2n) is 18.4. The highest BCUT2D eigenvalue weighted by atomic mass is 31.2. The van der Waals surface area contributed by atoms with Gasteiger partial charge in [0.1, 0.15) is 12.7 Å². The largest absolute Gasteiger partial charge is 0.472 e. The predicted octanol–water partition coefficient (Wildman–Crippen LogP) is 16.5. The topological polar surface area (TPSA) is 155 Å².